The smallest absolute Gasteiger partial charge is 0.290 e. The van der Waals surface area contributed by atoms with Crippen molar-refractivity contribution in [2.24, 2.45) is 5.73 Å². The van der Waals surface area contributed by atoms with Crippen molar-refractivity contribution in [3.63, 3.8) is 0 Å². The number of nitrogens with one attached hydrogen (secondary N) is 2. The number of carbonyl (C=O) groups excluding carboxylic acids is 2. The molecular formula is C34H32F9N7O4. The van der Waals surface area contributed by atoms with Gasteiger partial charge in [0.15, 0.2) is 0 Å². The molecule has 290 valence electrons. The quantitative estimate of drug-likeness (QED) is 0.0937. The number of ether oxygens (including phenoxy) is 2. The summed E-state index contributed by atoms with van der Waals surface area (Å²) in [6.45, 7) is -0.428. The highest BCUT2D eigenvalue weighted by Crippen LogP contribution is 2.52. The van der Waals surface area contributed by atoms with Crippen LogP contribution in [0.15, 0.2) is 42.6 Å². The van der Waals surface area contributed by atoms with E-state index in [2.05, 4.69) is 25.7 Å². The summed E-state index contributed by atoms with van der Waals surface area (Å²) in [6.07, 6.45) is -5.81. The van der Waals surface area contributed by atoms with E-state index in [1.165, 1.54) is 19.4 Å². The molecule has 1 aliphatic rings. The lowest BCUT2D eigenvalue weighted by Gasteiger charge is -2.29. The zero-order valence-corrected chi connectivity index (χ0v) is 28.3. The Morgan fingerprint density at radius 2 is 1.67 bits per heavy atom. The molecule has 1 aliphatic carbocycles. The molecule has 54 heavy (non-hydrogen) atoms. The molecule has 0 saturated carbocycles. The lowest BCUT2D eigenvalue weighted by atomic mass is 9.89. The number of hydrogen-bond acceptors (Lipinski definition) is 8. The summed E-state index contributed by atoms with van der Waals surface area (Å²) in [5.41, 5.74) is -0.167. The number of anilines is 1. The van der Waals surface area contributed by atoms with Crippen molar-refractivity contribution in [2.75, 3.05) is 38.8 Å². The Morgan fingerprint density at radius 1 is 0.963 bits per heavy atom. The van der Waals surface area contributed by atoms with Gasteiger partial charge in [-0.3, -0.25) is 14.3 Å². The number of fused-ring (bicyclic) bond motifs is 1. The van der Waals surface area contributed by atoms with Gasteiger partial charge in [0.1, 0.15) is 35.4 Å². The van der Waals surface area contributed by atoms with Crippen LogP contribution < -0.4 is 16.4 Å². The van der Waals surface area contributed by atoms with Crippen LogP contribution in [0.1, 0.15) is 63.9 Å². The number of methoxy groups -OCH3 is 1. The number of benzene rings is 2. The maximum absolute atomic E-state index is 15.1. The number of primary amides is 1. The Balaban J connectivity index is 1.59. The minimum Gasteiger partial charge on any atom is -0.382 e. The Bertz CT molecular complexity index is 1990. The average Bonchev–Trinajstić information content (AvgIpc) is 3.50. The fourth-order valence-corrected chi connectivity index (χ4v) is 5.92. The van der Waals surface area contributed by atoms with Gasteiger partial charge in [-0.25, -0.2) is 40.7 Å². The first-order chi connectivity index (χ1) is 25.5. The van der Waals surface area contributed by atoms with E-state index in [1.807, 2.05) is 0 Å². The lowest BCUT2D eigenvalue weighted by molar-refractivity contribution is -0.123. The fraction of sp³-hybridized carbons (Fsp3) is 0.382. The molecule has 0 radical (unpaired) electrons. The van der Waals surface area contributed by atoms with Crippen LogP contribution in [0.25, 0.3) is 11.1 Å². The van der Waals surface area contributed by atoms with E-state index in [-0.39, 0.29) is 52.8 Å². The van der Waals surface area contributed by atoms with Crippen LogP contribution in [-0.2, 0) is 39.1 Å². The van der Waals surface area contributed by atoms with Gasteiger partial charge in [-0.2, -0.15) is 13.9 Å². The van der Waals surface area contributed by atoms with Crippen molar-refractivity contribution in [2.45, 2.75) is 50.1 Å². The van der Waals surface area contributed by atoms with Crippen molar-refractivity contribution in [3.8, 4) is 11.1 Å². The second-order valence-electron chi connectivity index (χ2n) is 12.2. The summed E-state index contributed by atoms with van der Waals surface area (Å²) in [7, 11) is 1.48. The molecule has 0 saturated heterocycles. The standard InChI is InChI=1S/C34H32F9N7O4/c1-53-8-9-54-7-6-45-32-46-15-22(18-2-3-23(37)21(13-18)31(44)52)27(48-32)24(12-17-10-19(35)14-20(36)11-17)47-25(51)16-50-29-26(28(49-50)30(38)39)33(40,41)4-5-34(29,42)43/h2-3,10-11,13-15,24,30H,4-9,12,16H2,1H3,(H2,44,52)(H,47,51)(H,45,46,48). The normalized spacial score (nSPS) is 15.2. The summed E-state index contributed by atoms with van der Waals surface area (Å²) in [4.78, 5) is 34.3. The van der Waals surface area contributed by atoms with Crippen molar-refractivity contribution >= 4 is 17.8 Å². The van der Waals surface area contributed by atoms with Crippen LogP contribution in [0.3, 0.4) is 0 Å². The highest BCUT2D eigenvalue weighted by Gasteiger charge is 2.55. The van der Waals surface area contributed by atoms with E-state index in [9.17, 15) is 40.3 Å². The monoisotopic (exact) mass is 773 g/mol. The van der Waals surface area contributed by atoms with Gasteiger partial charge in [0.25, 0.3) is 24.2 Å². The summed E-state index contributed by atoms with van der Waals surface area (Å²) in [5.74, 6) is -13.6. The third-order valence-corrected chi connectivity index (χ3v) is 8.29. The number of nitrogens with zero attached hydrogens (tertiary/aromatic N) is 4. The zero-order valence-electron chi connectivity index (χ0n) is 28.3. The van der Waals surface area contributed by atoms with E-state index in [4.69, 9.17) is 15.2 Å². The van der Waals surface area contributed by atoms with E-state index in [0.717, 1.165) is 24.3 Å². The van der Waals surface area contributed by atoms with E-state index < -0.39 is 102 Å². The first kappa shape index (κ1) is 40.0. The molecule has 4 N–H and O–H groups in total. The fourth-order valence-electron chi connectivity index (χ4n) is 5.92. The Hall–Kier alpha value is -5.24. The van der Waals surface area contributed by atoms with Gasteiger partial charge in [-0.15, -0.1) is 0 Å². The first-order valence-corrected chi connectivity index (χ1v) is 16.2. The van der Waals surface area contributed by atoms with Crippen LogP contribution in [-0.4, -0.2) is 65.0 Å². The molecule has 11 nitrogen and oxygen atoms in total. The van der Waals surface area contributed by atoms with Crippen LogP contribution in [0.2, 0.25) is 0 Å². The molecule has 2 heterocycles. The number of alkyl halides is 6. The molecular weight excluding hydrogens is 741 g/mol. The van der Waals surface area contributed by atoms with E-state index >= 15 is 8.78 Å². The topological polar surface area (TPSA) is 146 Å². The number of amides is 2. The lowest BCUT2D eigenvalue weighted by Crippen LogP contribution is -2.37. The molecule has 20 heteroatoms. The van der Waals surface area contributed by atoms with E-state index in [1.54, 1.807) is 0 Å². The van der Waals surface area contributed by atoms with E-state index in [0.29, 0.717) is 12.7 Å². The predicted octanol–water partition coefficient (Wildman–Crippen LogP) is 5.95. The van der Waals surface area contributed by atoms with Crippen LogP contribution in [0.4, 0.5) is 45.5 Å². The molecule has 1 unspecified atom stereocenters. The Labute approximate surface area is 301 Å². The van der Waals surface area contributed by atoms with Gasteiger partial charge in [-0.1, -0.05) is 6.07 Å². The molecule has 1 atom stereocenters. The van der Waals surface area contributed by atoms with Crippen LogP contribution in [0.5, 0.6) is 0 Å². The average molecular weight is 774 g/mol. The summed E-state index contributed by atoms with van der Waals surface area (Å²) in [5, 5.41) is 8.63. The van der Waals surface area contributed by atoms with Gasteiger partial charge >= 0.3 is 0 Å². The van der Waals surface area contributed by atoms with Gasteiger partial charge in [0.2, 0.25) is 11.9 Å². The van der Waals surface area contributed by atoms with Crippen molar-refractivity contribution < 1.29 is 58.6 Å². The van der Waals surface area contributed by atoms with Gasteiger partial charge in [0.05, 0.1) is 42.7 Å². The molecule has 0 spiro atoms. The van der Waals surface area contributed by atoms with Crippen molar-refractivity contribution in [1.82, 2.24) is 25.1 Å². The highest BCUT2D eigenvalue weighted by molar-refractivity contribution is 5.94. The number of nitrogens with two attached hydrogens (primary N) is 1. The largest absolute Gasteiger partial charge is 0.382 e. The molecule has 4 aromatic rings. The number of carbonyl (C=O) groups is 2. The molecule has 5 rings (SSSR count). The number of halogens is 9. The van der Waals surface area contributed by atoms with Crippen LogP contribution >= 0.6 is 0 Å². The first-order valence-electron chi connectivity index (χ1n) is 16.2. The molecule has 2 amide bonds. The Morgan fingerprint density at radius 3 is 2.33 bits per heavy atom. The minimum absolute atomic E-state index is 0.0178. The van der Waals surface area contributed by atoms with Crippen molar-refractivity contribution in [1.29, 1.82) is 0 Å². The van der Waals surface area contributed by atoms with Crippen LogP contribution in [0, 0.1) is 17.5 Å². The van der Waals surface area contributed by atoms with Gasteiger partial charge < -0.3 is 25.8 Å². The SMILES string of the molecule is COCCOCCNc1ncc(-c2ccc(F)c(C(N)=O)c2)c(C(Cc2cc(F)cc(F)c2)NC(=O)Cn2nc(C(F)F)c3c2C(F)(F)CCC3(F)F)n1. The summed E-state index contributed by atoms with van der Waals surface area (Å²) in [6, 6.07) is 4.13. The van der Waals surface area contributed by atoms with Gasteiger partial charge in [-0.05, 0) is 41.8 Å². The zero-order chi connectivity index (χ0) is 39.4. The number of aromatic nitrogens is 4. The second-order valence-corrected chi connectivity index (χ2v) is 12.2. The predicted molar refractivity (Wildman–Crippen MR) is 172 cm³/mol. The molecule has 2 aromatic heterocycles. The molecule has 0 fully saturated rings. The Kier molecular flexibility index (Phi) is 12.1. The summed E-state index contributed by atoms with van der Waals surface area (Å²) < 4.78 is 141. The molecule has 0 bridgehead atoms. The van der Waals surface area contributed by atoms with Crippen molar-refractivity contribution in [3.05, 3.63) is 93.8 Å². The summed E-state index contributed by atoms with van der Waals surface area (Å²) >= 11 is 0. The molecule has 0 aliphatic heterocycles. The number of rotatable bonds is 16. The maximum Gasteiger partial charge on any atom is 0.290 e. The minimum atomic E-state index is -4.10. The highest BCUT2D eigenvalue weighted by atomic mass is 19.3. The van der Waals surface area contributed by atoms with Gasteiger partial charge in [0, 0.05) is 44.3 Å². The second kappa shape index (κ2) is 16.4. The maximum atomic E-state index is 15.1. The third-order valence-electron chi connectivity index (χ3n) is 8.29. The molecule has 2 aromatic carbocycles. The third kappa shape index (κ3) is 9.09. The number of hydrogen-bond donors (Lipinski definition) is 3.